The van der Waals surface area contributed by atoms with E-state index in [0.29, 0.717) is 32.4 Å². The van der Waals surface area contributed by atoms with Gasteiger partial charge in [-0.25, -0.2) is 9.59 Å². The Morgan fingerprint density at radius 1 is 0.976 bits per heavy atom. The van der Waals surface area contributed by atoms with E-state index >= 15 is 0 Å². The van der Waals surface area contributed by atoms with Gasteiger partial charge in [-0.05, 0) is 40.7 Å². The molecule has 3 aromatic rings. The molecule has 0 aromatic heterocycles. The number of nitrogens with one attached hydrogen (secondary N) is 2. The Morgan fingerprint density at radius 2 is 1.61 bits per heavy atom. The first-order chi connectivity index (χ1) is 19.9. The van der Waals surface area contributed by atoms with E-state index in [1.165, 1.54) is 0 Å². The minimum absolute atomic E-state index is 0.110. The van der Waals surface area contributed by atoms with Crippen LogP contribution in [-0.4, -0.2) is 59.3 Å². The van der Waals surface area contributed by atoms with Gasteiger partial charge in [0, 0.05) is 25.6 Å². The molecule has 2 atom stereocenters. The highest BCUT2D eigenvalue weighted by Gasteiger charge is 2.47. The van der Waals surface area contributed by atoms with Crippen molar-refractivity contribution >= 4 is 18.0 Å². The second-order valence-electron chi connectivity index (χ2n) is 11.0. The van der Waals surface area contributed by atoms with Crippen LogP contribution in [0.2, 0.25) is 0 Å². The third kappa shape index (κ3) is 6.28. The van der Waals surface area contributed by atoms with Crippen LogP contribution in [0, 0.1) is 0 Å². The molecular weight excluding hydrogens is 518 g/mol. The topological polar surface area (TPSA) is 108 Å². The predicted octanol–water partition coefficient (Wildman–Crippen LogP) is 4.93. The monoisotopic (exact) mass is 555 g/mol. The number of ether oxygens (including phenoxy) is 1. The van der Waals surface area contributed by atoms with Crippen LogP contribution >= 0.6 is 0 Å². The van der Waals surface area contributed by atoms with Crippen LogP contribution in [0.3, 0.4) is 0 Å². The first-order valence-electron chi connectivity index (χ1n) is 14.3. The molecule has 41 heavy (non-hydrogen) atoms. The molecule has 1 fully saturated rings. The van der Waals surface area contributed by atoms with Crippen molar-refractivity contribution in [1.82, 2.24) is 15.5 Å². The van der Waals surface area contributed by atoms with Crippen molar-refractivity contribution in [2.45, 2.75) is 56.7 Å². The summed E-state index contributed by atoms with van der Waals surface area (Å²) in [7, 11) is 0. The number of carbonyl (C=O) groups excluding carboxylic acids is 2. The molecule has 0 radical (unpaired) electrons. The molecule has 1 aliphatic carbocycles. The van der Waals surface area contributed by atoms with Crippen molar-refractivity contribution in [3.05, 3.63) is 95.6 Å². The van der Waals surface area contributed by atoms with Gasteiger partial charge in [0.15, 0.2) is 0 Å². The van der Waals surface area contributed by atoms with E-state index < -0.39 is 29.6 Å². The number of unbranched alkanes of at least 4 members (excludes halogenated alkanes) is 1. The molecular formula is C33H37N3O5. The maximum atomic E-state index is 13.7. The van der Waals surface area contributed by atoms with E-state index in [4.69, 9.17) is 4.74 Å². The van der Waals surface area contributed by atoms with Gasteiger partial charge in [0.25, 0.3) is 0 Å². The summed E-state index contributed by atoms with van der Waals surface area (Å²) in [4.78, 5) is 41.0. The van der Waals surface area contributed by atoms with E-state index in [2.05, 4.69) is 39.8 Å². The number of hydrogen-bond acceptors (Lipinski definition) is 5. The van der Waals surface area contributed by atoms with E-state index in [9.17, 15) is 19.5 Å². The Balaban J connectivity index is 1.31. The van der Waals surface area contributed by atoms with Crippen LogP contribution < -0.4 is 10.6 Å². The number of rotatable bonds is 11. The van der Waals surface area contributed by atoms with Gasteiger partial charge in [0.05, 0.1) is 0 Å². The SMILES string of the molecule is CCCC[C@H](NC(=O)C1(NC(=O)OCC2c3ccccc3-c3ccccc32)CCN(Cc2ccccc2)C1)C(=O)O. The zero-order valence-corrected chi connectivity index (χ0v) is 23.3. The molecule has 1 heterocycles. The number of amides is 2. The Kier molecular flexibility index (Phi) is 8.69. The number of benzene rings is 3. The van der Waals surface area contributed by atoms with Gasteiger partial charge in [-0.2, -0.15) is 0 Å². The van der Waals surface area contributed by atoms with Crippen molar-refractivity contribution in [3.8, 4) is 11.1 Å². The summed E-state index contributed by atoms with van der Waals surface area (Å²) >= 11 is 0. The zero-order valence-electron chi connectivity index (χ0n) is 23.3. The number of nitrogens with zero attached hydrogens (tertiary/aromatic N) is 1. The molecule has 3 N–H and O–H groups in total. The van der Waals surface area contributed by atoms with E-state index in [0.717, 1.165) is 34.2 Å². The molecule has 8 heteroatoms. The number of carboxylic acid groups (broad SMARTS) is 1. The van der Waals surface area contributed by atoms with Gasteiger partial charge in [-0.3, -0.25) is 9.69 Å². The highest BCUT2D eigenvalue weighted by molar-refractivity contribution is 5.93. The highest BCUT2D eigenvalue weighted by atomic mass is 16.5. The molecule has 0 bridgehead atoms. The number of aliphatic carboxylic acids is 1. The third-order valence-electron chi connectivity index (χ3n) is 8.17. The normalized spacial score (nSPS) is 18.8. The van der Waals surface area contributed by atoms with Crippen molar-refractivity contribution < 1.29 is 24.2 Å². The Labute approximate surface area is 240 Å². The average Bonchev–Trinajstić information content (AvgIpc) is 3.53. The summed E-state index contributed by atoms with van der Waals surface area (Å²) in [5, 5.41) is 15.3. The molecule has 2 amide bonds. The summed E-state index contributed by atoms with van der Waals surface area (Å²) in [5.74, 6) is -1.69. The van der Waals surface area contributed by atoms with Crippen LogP contribution in [0.4, 0.5) is 4.79 Å². The lowest BCUT2D eigenvalue weighted by atomic mass is 9.96. The maximum absolute atomic E-state index is 13.7. The minimum Gasteiger partial charge on any atom is -0.480 e. The maximum Gasteiger partial charge on any atom is 0.408 e. The molecule has 0 saturated carbocycles. The second kappa shape index (κ2) is 12.6. The fraction of sp³-hybridized carbons (Fsp3) is 0.364. The molecule has 2 aliphatic rings. The molecule has 1 saturated heterocycles. The first kappa shape index (κ1) is 28.4. The van der Waals surface area contributed by atoms with Gasteiger partial charge in [0.2, 0.25) is 5.91 Å². The molecule has 3 aromatic carbocycles. The first-order valence-corrected chi connectivity index (χ1v) is 14.3. The summed E-state index contributed by atoms with van der Waals surface area (Å²) in [5.41, 5.74) is 4.25. The van der Waals surface area contributed by atoms with E-state index in [-0.39, 0.29) is 19.1 Å². The largest absolute Gasteiger partial charge is 0.480 e. The molecule has 8 nitrogen and oxygen atoms in total. The van der Waals surface area contributed by atoms with Crippen LogP contribution in [0.25, 0.3) is 11.1 Å². The van der Waals surface area contributed by atoms with Crippen molar-refractivity contribution in [3.63, 3.8) is 0 Å². The fourth-order valence-electron chi connectivity index (χ4n) is 6.00. The number of likely N-dealkylation sites (tertiary alicyclic amines) is 1. The summed E-state index contributed by atoms with van der Waals surface area (Å²) in [6, 6.07) is 25.1. The average molecular weight is 556 g/mol. The molecule has 0 spiro atoms. The Bertz CT molecular complexity index is 1350. The Hall–Kier alpha value is -4.17. The lowest BCUT2D eigenvalue weighted by molar-refractivity contribution is -0.143. The van der Waals surface area contributed by atoms with Crippen LogP contribution in [0.15, 0.2) is 78.9 Å². The van der Waals surface area contributed by atoms with Crippen molar-refractivity contribution in [1.29, 1.82) is 0 Å². The van der Waals surface area contributed by atoms with Crippen LogP contribution in [0.1, 0.15) is 55.2 Å². The zero-order chi connectivity index (χ0) is 28.8. The number of alkyl carbamates (subject to hydrolysis) is 1. The third-order valence-corrected chi connectivity index (χ3v) is 8.17. The van der Waals surface area contributed by atoms with Gasteiger partial charge in [-0.1, -0.05) is 98.6 Å². The van der Waals surface area contributed by atoms with Crippen LogP contribution in [0.5, 0.6) is 0 Å². The molecule has 5 rings (SSSR count). The lowest BCUT2D eigenvalue weighted by Gasteiger charge is -2.31. The second-order valence-corrected chi connectivity index (χ2v) is 11.0. The fourth-order valence-corrected chi connectivity index (χ4v) is 6.00. The number of fused-ring (bicyclic) bond motifs is 3. The lowest BCUT2D eigenvalue weighted by Crippen LogP contribution is -2.62. The standard InChI is InChI=1S/C33H37N3O5/c1-2-3-17-29(30(37)38)34-31(39)33(18-19-36(22-33)20-23-11-5-4-6-12-23)35-32(40)41-21-28-26-15-9-7-13-24(26)25-14-8-10-16-27(25)28/h4-16,28-29H,2-3,17-22H2,1H3,(H,34,39)(H,35,40)(H,37,38)/t29-,33?/m0/s1. The molecule has 1 unspecified atom stereocenters. The number of hydrogen-bond donors (Lipinski definition) is 3. The number of carbonyl (C=O) groups is 3. The van der Waals surface area contributed by atoms with Gasteiger partial charge in [0.1, 0.15) is 18.2 Å². The smallest absolute Gasteiger partial charge is 0.408 e. The molecule has 1 aliphatic heterocycles. The summed E-state index contributed by atoms with van der Waals surface area (Å²) < 4.78 is 5.78. The van der Waals surface area contributed by atoms with Crippen molar-refractivity contribution in [2.24, 2.45) is 0 Å². The van der Waals surface area contributed by atoms with Gasteiger partial charge in [-0.15, -0.1) is 0 Å². The quantitative estimate of drug-likeness (QED) is 0.310. The van der Waals surface area contributed by atoms with E-state index in [1.54, 1.807) is 0 Å². The van der Waals surface area contributed by atoms with Gasteiger partial charge >= 0.3 is 12.1 Å². The molecule has 214 valence electrons. The predicted molar refractivity (Wildman–Crippen MR) is 156 cm³/mol. The number of carboxylic acids is 1. The highest BCUT2D eigenvalue weighted by Crippen LogP contribution is 2.44. The summed E-state index contributed by atoms with van der Waals surface area (Å²) in [6.45, 7) is 3.52. The van der Waals surface area contributed by atoms with Crippen LogP contribution in [-0.2, 0) is 20.9 Å². The van der Waals surface area contributed by atoms with E-state index in [1.807, 2.05) is 61.5 Å². The Morgan fingerprint density at radius 3 is 2.24 bits per heavy atom. The van der Waals surface area contributed by atoms with Crippen molar-refractivity contribution in [2.75, 3.05) is 19.7 Å². The summed E-state index contributed by atoms with van der Waals surface area (Å²) in [6.07, 6.45) is 1.46. The van der Waals surface area contributed by atoms with Gasteiger partial charge < -0.3 is 20.5 Å². The minimum atomic E-state index is -1.31.